The van der Waals surface area contributed by atoms with Crippen molar-refractivity contribution in [3.05, 3.63) is 38.9 Å². The third-order valence-electron chi connectivity index (χ3n) is 3.27. The Bertz CT molecular complexity index is 447. The SMILES string of the molecule is CCN(Cc1ccc(Cl)c([N+](=O)[O-])c1)CC1CC1. The second kappa shape index (κ2) is 5.67. The molecule has 1 aromatic rings. The van der Waals surface area contributed by atoms with Gasteiger partial charge >= 0.3 is 0 Å². The van der Waals surface area contributed by atoms with Crippen LogP contribution in [-0.4, -0.2) is 22.9 Å². The lowest BCUT2D eigenvalue weighted by Gasteiger charge is -2.20. The van der Waals surface area contributed by atoms with Gasteiger partial charge in [-0.25, -0.2) is 0 Å². The van der Waals surface area contributed by atoms with Crippen molar-refractivity contribution in [1.82, 2.24) is 4.90 Å². The zero-order chi connectivity index (χ0) is 13.1. The Morgan fingerprint density at radius 2 is 2.22 bits per heavy atom. The smallest absolute Gasteiger partial charge is 0.288 e. The number of hydrogen-bond acceptors (Lipinski definition) is 3. The van der Waals surface area contributed by atoms with E-state index in [9.17, 15) is 10.1 Å². The molecule has 1 saturated carbocycles. The fourth-order valence-corrected chi connectivity index (χ4v) is 2.21. The molecule has 0 aliphatic heterocycles. The summed E-state index contributed by atoms with van der Waals surface area (Å²) in [5, 5.41) is 11.0. The fourth-order valence-electron chi connectivity index (χ4n) is 2.03. The van der Waals surface area contributed by atoms with E-state index in [4.69, 9.17) is 11.6 Å². The minimum Gasteiger partial charge on any atom is -0.299 e. The van der Waals surface area contributed by atoms with Crippen molar-refractivity contribution in [1.29, 1.82) is 0 Å². The Balaban J connectivity index is 2.07. The second-order valence-corrected chi connectivity index (χ2v) is 5.22. The molecular weight excluding hydrogens is 252 g/mol. The van der Waals surface area contributed by atoms with E-state index in [0.717, 1.165) is 31.1 Å². The van der Waals surface area contributed by atoms with E-state index >= 15 is 0 Å². The molecule has 0 atom stereocenters. The summed E-state index contributed by atoms with van der Waals surface area (Å²) in [6, 6.07) is 5.06. The molecule has 18 heavy (non-hydrogen) atoms. The summed E-state index contributed by atoms with van der Waals surface area (Å²) in [4.78, 5) is 12.7. The van der Waals surface area contributed by atoms with Crippen molar-refractivity contribution in [3.63, 3.8) is 0 Å². The molecule has 0 amide bonds. The molecule has 1 aromatic carbocycles. The topological polar surface area (TPSA) is 46.4 Å². The normalized spacial score (nSPS) is 15.1. The maximum atomic E-state index is 10.8. The molecule has 0 saturated heterocycles. The molecule has 0 unspecified atom stereocenters. The number of nitro groups is 1. The summed E-state index contributed by atoms with van der Waals surface area (Å²) < 4.78 is 0. The van der Waals surface area contributed by atoms with E-state index < -0.39 is 4.92 Å². The summed E-state index contributed by atoms with van der Waals surface area (Å²) in [6.45, 7) is 4.93. The van der Waals surface area contributed by atoms with E-state index in [2.05, 4.69) is 11.8 Å². The zero-order valence-electron chi connectivity index (χ0n) is 10.4. The van der Waals surface area contributed by atoms with Gasteiger partial charge in [0.1, 0.15) is 5.02 Å². The van der Waals surface area contributed by atoms with Crippen LogP contribution < -0.4 is 0 Å². The molecule has 0 spiro atoms. The van der Waals surface area contributed by atoms with Crippen LogP contribution in [0.25, 0.3) is 0 Å². The number of nitrogens with zero attached hydrogens (tertiary/aromatic N) is 2. The molecule has 1 aliphatic carbocycles. The molecule has 0 bridgehead atoms. The molecule has 0 N–H and O–H groups in total. The predicted octanol–water partition coefficient (Wildman–Crippen LogP) is 3.48. The maximum Gasteiger partial charge on any atom is 0.288 e. The average Bonchev–Trinajstić information content (AvgIpc) is 3.14. The summed E-state index contributed by atoms with van der Waals surface area (Å²) in [6.07, 6.45) is 2.63. The minimum absolute atomic E-state index is 0.00311. The Hall–Kier alpha value is -1.13. The lowest BCUT2D eigenvalue weighted by atomic mass is 10.2. The second-order valence-electron chi connectivity index (χ2n) is 4.81. The van der Waals surface area contributed by atoms with Crippen molar-refractivity contribution >= 4 is 17.3 Å². The van der Waals surface area contributed by atoms with Crippen molar-refractivity contribution in [2.75, 3.05) is 13.1 Å². The van der Waals surface area contributed by atoms with Crippen LogP contribution in [0, 0.1) is 16.0 Å². The van der Waals surface area contributed by atoms with Gasteiger partial charge < -0.3 is 0 Å². The summed E-state index contributed by atoms with van der Waals surface area (Å²) in [5.74, 6) is 0.826. The first kappa shape index (κ1) is 13.3. The first-order chi connectivity index (χ1) is 8.60. The number of halogens is 1. The molecule has 98 valence electrons. The fraction of sp³-hybridized carbons (Fsp3) is 0.538. The quantitative estimate of drug-likeness (QED) is 0.586. The van der Waals surface area contributed by atoms with E-state index in [0.29, 0.717) is 0 Å². The highest BCUT2D eigenvalue weighted by molar-refractivity contribution is 6.32. The van der Waals surface area contributed by atoms with Gasteiger partial charge in [-0.3, -0.25) is 15.0 Å². The minimum atomic E-state index is -0.428. The first-order valence-corrected chi connectivity index (χ1v) is 6.63. The van der Waals surface area contributed by atoms with Crippen LogP contribution in [0.15, 0.2) is 18.2 Å². The van der Waals surface area contributed by atoms with Crippen LogP contribution in [0.1, 0.15) is 25.3 Å². The Kier molecular flexibility index (Phi) is 4.19. The van der Waals surface area contributed by atoms with Crippen LogP contribution in [0.2, 0.25) is 5.02 Å². The van der Waals surface area contributed by atoms with Crippen LogP contribution in [0.4, 0.5) is 5.69 Å². The van der Waals surface area contributed by atoms with Gasteiger partial charge in [-0.1, -0.05) is 24.6 Å². The number of rotatable bonds is 6. The number of benzene rings is 1. The van der Waals surface area contributed by atoms with Crippen LogP contribution in [0.3, 0.4) is 0 Å². The highest BCUT2D eigenvalue weighted by atomic mass is 35.5. The van der Waals surface area contributed by atoms with Crippen LogP contribution in [0.5, 0.6) is 0 Å². The standard InChI is InChI=1S/C13H17ClN2O2/c1-2-15(8-10-3-4-10)9-11-5-6-12(14)13(7-11)16(17)18/h5-7,10H,2-4,8-9H2,1H3. The number of hydrogen-bond donors (Lipinski definition) is 0. The summed E-state index contributed by atoms with van der Waals surface area (Å²) in [7, 11) is 0. The lowest BCUT2D eigenvalue weighted by molar-refractivity contribution is -0.384. The van der Waals surface area contributed by atoms with Crippen molar-refractivity contribution < 1.29 is 4.92 Å². The molecular formula is C13H17ClN2O2. The van der Waals surface area contributed by atoms with Crippen LogP contribution >= 0.6 is 11.6 Å². The molecule has 0 heterocycles. The average molecular weight is 269 g/mol. The van der Waals surface area contributed by atoms with Crippen molar-refractivity contribution in [2.45, 2.75) is 26.3 Å². The van der Waals surface area contributed by atoms with Crippen molar-refractivity contribution in [3.8, 4) is 0 Å². The van der Waals surface area contributed by atoms with E-state index in [1.165, 1.54) is 12.8 Å². The van der Waals surface area contributed by atoms with Gasteiger partial charge in [0.05, 0.1) is 4.92 Å². The Labute approximate surface area is 112 Å². The van der Waals surface area contributed by atoms with Crippen molar-refractivity contribution in [2.24, 2.45) is 5.92 Å². The van der Waals surface area contributed by atoms with Gasteiger partial charge in [-0.15, -0.1) is 0 Å². The third kappa shape index (κ3) is 3.43. The third-order valence-corrected chi connectivity index (χ3v) is 3.59. The molecule has 1 aliphatic rings. The monoisotopic (exact) mass is 268 g/mol. The largest absolute Gasteiger partial charge is 0.299 e. The van der Waals surface area contributed by atoms with E-state index in [1.54, 1.807) is 12.1 Å². The zero-order valence-corrected chi connectivity index (χ0v) is 11.2. The molecule has 2 rings (SSSR count). The first-order valence-electron chi connectivity index (χ1n) is 6.25. The van der Waals surface area contributed by atoms with E-state index in [-0.39, 0.29) is 10.7 Å². The van der Waals surface area contributed by atoms with E-state index in [1.807, 2.05) is 6.07 Å². The summed E-state index contributed by atoms with van der Waals surface area (Å²) >= 11 is 5.80. The van der Waals surface area contributed by atoms with Crippen LogP contribution in [-0.2, 0) is 6.54 Å². The molecule has 0 radical (unpaired) electrons. The molecule has 1 fully saturated rings. The maximum absolute atomic E-state index is 10.8. The van der Waals surface area contributed by atoms with Gasteiger partial charge in [0.25, 0.3) is 5.69 Å². The predicted molar refractivity (Wildman–Crippen MR) is 71.8 cm³/mol. The van der Waals surface area contributed by atoms with Gasteiger partial charge in [0.15, 0.2) is 0 Å². The van der Waals surface area contributed by atoms with Gasteiger partial charge in [0, 0.05) is 19.2 Å². The summed E-state index contributed by atoms with van der Waals surface area (Å²) in [5.41, 5.74) is 0.949. The highest BCUT2D eigenvalue weighted by Gasteiger charge is 2.24. The highest BCUT2D eigenvalue weighted by Crippen LogP contribution is 2.30. The van der Waals surface area contributed by atoms with Gasteiger partial charge in [-0.05, 0) is 36.9 Å². The Morgan fingerprint density at radius 3 is 2.78 bits per heavy atom. The molecule has 4 nitrogen and oxygen atoms in total. The Morgan fingerprint density at radius 1 is 1.50 bits per heavy atom. The lowest BCUT2D eigenvalue weighted by Crippen LogP contribution is -2.25. The van der Waals surface area contributed by atoms with Gasteiger partial charge in [-0.2, -0.15) is 0 Å². The van der Waals surface area contributed by atoms with Gasteiger partial charge in [0.2, 0.25) is 0 Å². The molecule has 0 aromatic heterocycles. The number of nitro benzene ring substituents is 1. The molecule has 5 heteroatoms.